The van der Waals surface area contributed by atoms with Crippen molar-refractivity contribution in [3.05, 3.63) is 50.8 Å². The minimum atomic E-state index is -0.527. The first kappa shape index (κ1) is 14.3. The molecule has 0 fully saturated rings. The highest BCUT2D eigenvalue weighted by Gasteiger charge is 2.17. The van der Waals surface area contributed by atoms with E-state index in [2.05, 4.69) is 20.0 Å². The van der Waals surface area contributed by atoms with Gasteiger partial charge in [0.15, 0.2) is 0 Å². The molecule has 0 radical (unpaired) electrons. The van der Waals surface area contributed by atoms with Crippen LogP contribution in [0.15, 0.2) is 23.7 Å². The summed E-state index contributed by atoms with van der Waals surface area (Å²) < 4.78 is 3.19. The number of azide groups is 1. The number of nitro groups is 1. The zero-order valence-corrected chi connectivity index (χ0v) is 11.2. The van der Waals surface area contributed by atoms with Crippen LogP contribution in [0.4, 0.5) is 5.82 Å². The van der Waals surface area contributed by atoms with Gasteiger partial charge < -0.3 is 14.7 Å². The van der Waals surface area contributed by atoms with Gasteiger partial charge in [-0.3, -0.25) is 0 Å². The van der Waals surface area contributed by atoms with Gasteiger partial charge in [-0.2, -0.15) is 0 Å². The predicted octanol–water partition coefficient (Wildman–Crippen LogP) is 2.01. The fourth-order valence-corrected chi connectivity index (χ4v) is 1.76. The number of nitrogens with zero attached hydrogens (tertiary/aromatic N) is 8. The summed E-state index contributed by atoms with van der Waals surface area (Å²) in [7, 11) is 1.84. The molecule has 0 aliphatic carbocycles. The van der Waals surface area contributed by atoms with E-state index in [-0.39, 0.29) is 18.9 Å². The zero-order chi connectivity index (χ0) is 15.2. The molecule has 2 rings (SSSR count). The molecule has 0 N–H and O–H groups in total. The maximum atomic E-state index is 11.0. The molecule has 108 valence electrons. The molecule has 2 aromatic heterocycles. The van der Waals surface area contributed by atoms with Gasteiger partial charge in [-0.15, -0.1) is 0 Å². The smallest absolute Gasteiger partial charge is 0.343 e. The first-order valence-corrected chi connectivity index (χ1v) is 5.99. The van der Waals surface area contributed by atoms with Crippen molar-refractivity contribution >= 4 is 18.0 Å². The largest absolute Gasteiger partial charge is 0.358 e. The third-order valence-corrected chi connectivity index (χ3v) is 2.78. The van der Waals surface area contributed by atoms with E-state index in [4.69, 9.17) is 5.53 Å². The van der Waals surface area contributed by atoms with Gasteiger partial charge in [0, 0.05) is 30.4 Å². The first-order valence-electron chi connectivity index (χ1n) is 5.99. The Labute approximate surface area is 119 Å². The summed E-state index contributed by atoms with van der Waals surface area (Å²) in [5, 5.41) is 14.3. The highest BCUT2D eigenvalue weighted by atomic mass is 16.6. The molecule has 0 saturated heterocycles. The molecule has 0 bridgehead atoms. The van der Waals surface area contributed by atoms with Crippen LogP contribution in [-0.4, -0.2) is 30.6 Å². The lowest BCUT2D eigenvalue weighted by Gasteiger charge is -2.00. The highest BCUT2D eigenvalue weighted by Crippen LogP contribution is 2.16. The minimum Gasteiger partial charge on any atom is -0.358 e. The molecule has 2 heterocycles. The summed E-state index contributed by atoms with van der Waals surface area (Å²) in [6.07, 6.45) is 7.95. The molecule has 10 heteroatoms. The van der Waals surface area contributed by atoms with E-state index in [0.29, 0.717) is 11.6 Å². The number of aromatic nitrogens is 4. The highest BCUT2D eigenvalue weighted by molar-refractivity contribution is 5.64. The lowest BCUT2D eigenvalue weighted by atomic mass is 10.4. The second kappa shape index (κ2) is 6.35. The van der Waals surface area contributed by atoms with Gasteiger partial charge >= 0.3 is 5.82 Å². The average molecular weight is 288 g/mol. The van der Waals surface area contributed by atoms with Crippen LogP contribution in [0.25, 0.3) is 22.6 Å². The molecule has 0 unspecified atom stereocenters. The van der Waals surface area contributed by atoms with Crippen LogP contribution < -0.4 is 0 Å². The molecular weight excluding hydrogens is 276 g/mol. The van der Waals surface area contributed by atoms with Gasteiger partial charge in [-0.1, -0.05) is 5.11 Å². The topological polar surface area (TPSA) is 128 Å². The van der Waals surface area contributed by atoms with Crippen LogP contribution in [0.2, 0.25) is 0 Å². The SMILES string of the molecule is Cn1ccnc1C=Cc1ncc([N+](=O)[O-])n1CCN=[N+]=[N-]. The second-order valence-electron chi connectivity index (χ2n) is 4.07. The summed E-state index contributed by atoms with van der Waals surface area (Å²) in [4.78, 5) is 21.2. The maximum Gasteiger partial charge on any atom is 0.343 e. The van der Waals surface area contributed by atoms with Crippen molar-refractivity contribution in [2.75, 3.05) is 6.54 Å². The van der Waals surface area contributed by atoms with Gasteiger partial charge in [0.2, 0.25) is 5.82 Å². The fourth-order valence-electron chi connectivity index (χ4n) is 1.76. The molecule has 0 aromatic carbocycles. The lowest BCUT2D eigenvalue weighted by Crippen LogP contribution is -2.07. The second-order valence-corrected chi connectivity index (χ2v) is 4.07. The first-order chi connectivity index (χ1) is 10.1. The number of imidazole rings is 2. The predicted molar refractivity (Wildman–Crippen MR) is 75.0 cm³/mol. The van der Waals surface area contributed by atoms with E-state index in [1.165, 1.54) is 10.8 Å². The Morgan fingerprint density at radius 3 is 2.86 bits per heavy atom. The van der Waals surface area contributed by atoms with Crippen molar-refractivity contribution in [1.29, 1.82) is 0 Å². The average Bonchev–Trinajstić information content (AvgIpc) is 3.03. The third kappa shape index (κ3) is 3.25. The molecule has 10 nitrogen and oxygen atoms in total. The van der Waals surface area contributed by atoms with Gasteiger partial charge in [-0.25, -0.2) is 14.5 Å². The van der Waals surface area contributed by atoms with E-state index in [0.717, 1.165) is 0 Å². The zero-order valence-electron chi connectivity index (χ0n) is 11.2. The molecule has 2 aromatic rings. The number of hydrogen-bond acceptors (Lipinski definition) is 5. The van der Waals surface area contributed by atoms with Gasteiger partial charge in [0.1, 0.15) is 12.0 Å². The molecular formula is C11H12N8O2. The van der Waals surface area contributed by atoms with Gasteiger partial charge in [0.25, 0.3) is 0 Å². The Morgan fingerprint density at radius 1 is 1.48 bits per heavy atom. The molecule has 0 aliphatic heterocycles. The summed E-state index contributed by atoms with van der Waals surface area (Å²) in [6, 6.07) is 0. The van der Waals surface area contributed by atoms with E-state index in [1.807, 2.05) is 7.05 Å². The normalized spacial score (nSPS) is 10.7. The number of hydrogen-bond donors (Lipinski definition) is 0. The summed E-state index contributed by atoms with van der Waals surface area (Å²) >= 11 is 0. The van der Waals surface area contributed by atoms with Gasteiger partial charge in [0.05, 0.1) is 13.1 Å². The summed E-state index contributed by atoms with van der Waals surface area (Å²) in [5.74, 6) is 0.947. The van der Waals surface area contributed by atoms with E-state index in [9.17, 15) is 10.1 Å². The van der Waals surface area contributed by atoms with Crippen molar-refractivity contribution in [2.24, 2.45) is 12.2 Å². The Bertz CT molecular complexity index is 722. The van der Waals surface area contributed by atoms with Crippen molar-refractivity contribution in [2.45, 2.75) is 6.54 Å². The molecule has 0 spiro atoms. The lowest BCUT2D eigenvalue weighted by molar-refractivity contribution is -0.392. The summed E-state index contributed by atoms with van der Waals surface area (Å²) in [6.45, 7) is 0.289. The van der Waals surface area contributed by atoms with E-state index < -0.39 is 4.92 Å². The van der Waals surface area contributed by atoms with Crippen molar-refractivity contribution in [1.82, 2.24) is 19.1 Å². The Morgan fingerprint density at radius 2 is 2.24 bits per heavy atom. The third-order valence-electron chi connectivity index (χ3n) is 2.78. The Balaban J connectivity index is 2.30. The summed E-state index contributed by atoms with van der Waals surface area (Å²) in [5.41, 5.74) is 8.28. The standard InChI is InChI=1S/C11H12N8O2/c1-17-6-4-13-9(17)2-3-10-14-8-11(19(20)21)18(10)7-5-15-16-12/h2-4,6,8H,5,7H2,1H3. The number of aryl methyl sites for hydroxylation is 1. The van der Waals surface area contributed by atoms with E-state index in [1.54, 1.807) is 29.1 Å². The Hall–Kier alpha value is -3.13. The number of rotatable bonds is 6. The van der Waals surface area contributed by atoms with Crippen LogP contribution in [0, 0.1) is 10.1 Å². The maximum absolute atomic E-state index is 11.0. The van der Waals surface area contributed by atoms with Crippen LogP contribution in [-0.2, 0) is 13.6 Å². The van der Waals surface area contributed by atoms with Crippen molar-refractivity contribution in [3.8, 4) is 0 Å². The van der Waals surface area contributed by atoms with Crippen molar-refractivity contribution < 1.29 is 4.92 Å². The molecule has 0 atom stereocenters. The van der Waals surface area contributed by atoms with Crippen molar-refractivity contribution in [3.63, 3.8) is 0 Å². The fraction of sp³-hybridized carbons (Fsp3) is 0.273. The molecule has 0 saturated carbocycles. The minimum absolute atomic E-state index is 0.108. The van der Waals surface area contributed by atoms with Gasteiger partial charge in [-0.05, 0) is 16.5 Å². The van der Waals surface area contributed by atoms with Crippen LogP contribution in [0.1, 0.15) is 11.6 Å². The van der Waals surface area contributed by atoms with E-state index >= 15 is 0 Å². The molecule has 0 amide bonds. The van der Waals surface area contributed by atoms with Crippen LogP contribution in [0.5, 0.6) is 0 Å². The van der Waals surface area contributed by atoms with Crippen LogP contribution >= 0.6 is 0 Å². The quantitative estimate of drug-likeness (QED) is 0.264. The molecule has 0 aliphatic rings. The Kier molecular flexibility index (Phi) is 4.32. The van der Waals surface area contributed by atoms with Crippen LogP contribution in [0.3, 0.4) is 0 Å². The monoisotopic (exact) mass is 288 g/mol. The molecule has 21 heavy (non-hydrogen) atoms.